The van der Waals surface area contributed by atoms with Gasteiger partial charge in [0.1, 0.15) is 11.1 Å². The van der Waals surface area contributed by atoms with Crippen molar-refractivity contribution in [2.75, 3.05) is 11.9 Å². The van der Waals surface area contributed by atoms with E-state index in [4.69, 9.17) is 5.11 Å². The first-order chi connectivity index (χ1) is 6.04. The van der Waals surface area contributed by atoms with Crippen molar-refractivity contribution in [3.63, 3.8) is 0 Å². The Morgan fingerprint density at radius 2 is 2.31 bits per heavy atom. The van der Waals surface area contributed by atoms with E-state index < -0.39 is 6.10 Å². The number of hydrogen-bond donors (Lipinski definition) is 1. The number of rotatable bonds is 2. The smallest absolute Gasteiger partial charge is 0.255 e. The van der Waals surface area contributed by atoms with Crippen LogP contribution >= 0.6 is 11.3 Å². The molecular weight excluding hydrogens is 186 g/mol. The lowest BCUT2D eigenvalue weighted by molar-refractivity contribution is -0.125. The average molecular weight is 199 g/mol. The summed E-state index contributed by atoms with van der Waals surface area (Å²) < 4.78 is 0. The van der Waals surface area contributed by atoms with Crippen LogP contribution in [0.5, 0.6) is 0 Å². The van der Waals surface area contributed by atoms with E-state index in [2.05, 4.69) is 0 Å². The molecule has 0 saturated heterocycles. The third kappa shape index (κ3) is 2.08. The van der Waals surface area contributed by atoms with Gasteiger partial charge in [-0.15, -0.1) is 11.3 Å². The van der Waals surface area contributed by atoms with Gasteiger partial charge in [-0.1, -0.05) is 0 Å². The minimum atomic E-state index is -0.938. The molecule has 1 aromatic rings. The van der Waals surface area contributed by atoms with Crippen molar-refractivity contribution < 1.29 is 9.90 Å². The standard InChI is InChI=1S/C9H13NO2S/c1-6-4-5-13-9(6)10(3)8(12)7(2)11/h4-5,7,11H,1-3H3. The number of nitrogens with zero attached hydrogens (tertiary/aromatic N) is 1. The molecule has 1 heterocycles. The Balaban J connectivity index is 2.85. The molecule has 0 radical (unpaired) electrons. The van der Waals surface area contributed by atoms with Crippen molar-refractivity contribution >= 4 is 22.2 Å². The zero-order valence-electron chi connectivity index (χ0n) is 7.94. The summed E-state index contributed by atoms with van der Waals surface area (Å²) in [6.45, 7) is 3.42. The number of likely N-dealkylation sites (N-methyl/N-ethyl adjacent to an activating group) is 1. The molecule has 0 spiro atoms. The van der Waals surface area contributed by atoms with E-state index in [1.807, 2.05) is 18.4 Å². The predicted molar refractivity (Wildman–Crippen MR) is 54.1 cm³/mol. The van der Waals surface area contributed by atoms with Gasteiger partial charge in [-0.05, 0) is 30.9 Å². The van der Waals surface area contributed by atoms with Crippen LogP contribution < -0.4 is 4.90 Å². The molecule has 1 atom stereocenters. The molecule has 0 fully saturated rings. The zero-order valence-corrected chi connectivity index (χ0v) is 8.76. The second-order valence-electron chi connectivity index (χ2n) is 2.98. The topological polar surface area (TPSA) is 40.5 Å². The first-order valence-electron chi connectivity index (χ1n) is 4.03. The number of aliphatic hydroxyl groups is 1. The Labute approximate surface area is 81.6 Å². The molecule has 3 nitrogen and oxygen atoms in total. The van der Waals surface area contributed by atoms with Gasteiger partial charge in [-0.2, -0.15) is 0 Å². The molecule has 4 heteroatoms. The molecular formula is C9H13NO2S. The van der Waals surface area contributed by atoms with Crippen LogP contribution in [0.1, 0.15) is 12.5 Å². The Bertz CT molecular complexity index is 306. The van der Waals surface area contributed by atoms with E-state index >= 15 is 0 Å². The lowest BCUT2D eigenvalue weighted by atomic mass is 10.3. The Hall–Kier alpha value is -0.870. The Kier molecular flexibility index (Phi) is 3.06. The van der Waals surface area contributed by atoms with Crippen molar-refractivity contribution in [3.05, 3.63) is 17.0 Å². The third-order valence-corrected chi connectivity index (χ3v) is 2.92. The van der Waals surface area contributed by atoms with Crippen LogP contribution in [0, 0.1) is 6.92 Å². The Morgan fingerprint density at radius 1 is 1.69 bits per heavy atom. The zero-order chi connectivity index (χ0) is 10.0. The highest BCUT2D eigenvalue weighted by Crippen LogP contribution is 2.25. The number of hydrogen-bond acceptors (Lipinski definition) is 3. The second kappa shape index (κ2) is 3.89. The van der Waals surface area contributed by atoms with Crippen LogP contribution in [0.15, 0.2) is 11.4 Å². The van der Waals surface area contributed by atoms with Gasteiger partial charge in [0, 0.05) is 7.05 Å². The van der Waals surface area contributed by atoms with Gasteiger partial charge in [0.15, 0.2) is 0 Å². The molecule has 0 aromatic carbocycles. The number of aryl methyl sites for hydroxylation is 1. The van der Waals surface area contributed by atoms with E-state index in [1.165, 1.54) is 23.2 Å². The number of thiophene rings is 1. The van der Waals surface area contributed by atoms with Gasteiger partial charge in [-0.3, -0.25) is 4.79 Å². The SMILES string of the molecule is Cc1ccsc1N(C)C(=O)C(C)O. The highest BCUT2D eigenvalue weighted by Gasteiger charge is 2.17. The summed E-state index contributed by atoms with van der Waals surface area (Å²) in [6, 6.07) is 1.95. The molecule has 0 aliphatic rings. The lowest BCUT2D eigenvalue weighted by Crippen LogP contribution is -2.34. The summed E-state index contributed by atoms with van der Waals surface area (Å²) in [4.78, 5) is 12.9. The number of amides is 1. The van der Waals surface area contributed by atoms with Crippen molar-refractivity contribution in [1.29, 1.82) is 0 Å². The maximum atomic E-state index is 11.4. The first kappa shape index (κ1) is 10.2. The summed E-state index contributed by atoms with van der Waals surface area (Å²) in [5, 5.41) is 11.9. The van der Waals surface area contributed by atoms with Crippen molar-refractivity contribution in [3.8, 4) is 0 Å². The highest BCUT2D eigenvalue weighted by atomic mass is 32.1. The predicted octanol–water partition coefficient (Wildman–Crippen LogP) is 1.40. The monoisotopic (exact) mass is 199 g/mol. The van der Waals surface area contributed by atoms with Crippen LogP contribution in [0.4, 0.5) is 5.00 Å². The van der Waals surface area contributed by atoms with Gasteiger partial charge < -0.3 is 10.0 Å². The van der Waals surface area contributed by atoms with Gasteiger partial charge in [0.25, 0.3) is 5.91 Å². The maximum absolute atomic E-state index is 11.4. The quantitative estimate of drug-likeness (QED) is 0.782. The number of carbonyl (C=O) groups is 1. The fraction of sp³-hybridized carbons (Fsp3) is 0.444. The van der Waals surface area contributed by atoms with Gasteiger partial charge in [0.05, 0.1) is 0 Å². The molecule has 72 valence electrons. The third-order valence-electron chi connectivity index (χ3n) is 1.83. The van der Waals surface area contributed by atoms with E-state index in [1.54, 1.807) is 7.05 Å². The summed E-state index contributed by atoms with van der Waals surface area (Å²) in [7, 11) is 1.67. The fourth-order valence-corrected chi connectivity index (χ4v) is 1.99. The molecule has 0 saturated carbocycles. The molecule has 0 bridgehead atoms. The molecule has 0 aliphatic heterocycles. The molecule has 1 amide bonds. The minimum absolute atomic E-state index is 0.273. The maximum Gasteiger partial charge on any atom is 0.255 e. The van der Waals surface area contributed by atoms with E-state index in [0.717, 1.165) is 10.6 Å². The average Bonchev–Trinajstić information content (AvgIpc) is 2.48. The van der Waals surface area contributed by atoms with Crippen molar-refractivity contribution in [2.24, 2.45) is 0 Å². The number of carbonyl (C=O) groups excluding carboxylic acids is 1. The molecule has 1 N–H and O–H groups in total. The van der Waals surface area contributed by atoms with Crippen LogP contribution in [0.3, 0.4) is 0 Å². The van der Waals surface area contributed by atoms with E-state index in [0.29, 0.717) is 0 Å². The summed E-state index contributed by atoms with van der Waals surface area (Å²) in [6.07, 6.45) is -0.938. The molecule has 13 heavy (non-hydrogen) atoms. The summed E-state index contributed by atoms with van der Waals surface area (Å²) in [5.74, 6) is -0.273. The molecule has 1 aromatic heterocycles. The van der Waals surface area contributed by atoms with E-state index in [9.17, 15) is 4.79 Å². The van der Waals surface area contributed by atoms with Crippen molar-refractivity contribution in [2.45, 2.75) is 20.0 Å². The molecule has 1 unspecified atom stereocenters. The first-order valence-corrected chi connectivity index (χ1v) is 4.91. The van der Waals surface area contributed by atoms with Crippen LogP contribution in [-0.2, 0) is 4.79 Å². The number of aliphatic hydroxyl groups excluding tert-OH is 1. The molecule has 0 aliphatic carbocycles. The van der Waals surface area contributed by atoms with E-state index in [-0.39, 0.29) is 5.91 Å². The number of anilines is 1. The summed E-state index contributed by atoms with van der Waals surface area (Å²) in [5.41, 5.74) is 1.06. The largest absolute Gasteiger partial charge is 0.384 e. The van der Waals surface area contributed by atoms with Crippen LogP contribution in [0.2, 0.25) is 0 Å². The van der Waals surface area contributed by atoms with Crippen molar-refractivity contribution in [1.82, 2.24) is 0 Å². The van der Waals surface area contributed by atoms with Crippen LogP contribution in [0.25, 0.3) is 0 Å². The highest BCUT2D eigenvalue weighted by molar-refractivity contribution is 7.14. The normalized spacial score (nSPS) is 12.6. The second-order valence-corrected chi connectivity index (χ2v) is 3.88. The molecule has 1 rings (SSSR count). The van der Waals surface area contributed by atoms with Gasteiger partial charge in [0.2, 0.25) is 0 Å². The Morgan fingerprint density at radius 3 is 2.69 bits per heavy atom. The lowest BCUT2D eigenvalue weighted by Gasteiger charge is -2.17. The minimum Gasteiger partial charge on any atom is -0.384 e. The summed E-state index contributed by atoms with van der Waals surface area (Å²) >= 11 is 1.50. The van der Waals surface area contributed by atoms with Crippen LogP contribution in [-0.4, -0.2) is 24.2 Å². The fourth-order valence-electron chi connectivity index (χ4n) is 1.09. The van der Waals surface area contributed by atoms with Gasteiger partial charge in [-0.25, -0.2) is 0 Å². The van der Waals surface area contributed by atoms with Gasteiger partial charge >= 0.3 is 0 Å².